The molecule has 2 aromatic carbocycles. The van der Waals surface area contributed by atoms with Crippen molar-refractivity contribution < 1.29 is 9.53 Å². The molecule has 1 saturated heterocycles. The van der Waals surface area contributed by atoms with E-state index in [1.807, 2.05) is 49.4 Å². The predicted octanol–water partition coefficient (Wildman–Crippen LogP) is 3.71. The summed E-state index contributed by atoms with van der Waals surface area (Å²) in [7, 11) is 0. The van der Waals surface area contributed by atoms with Gasteiger partial charge in [0.15, 0.2) is 0 Å². The first-order chi connectivity index (χ1) is 12.3. The number of amides is 1. The van der Waals surface area contributed by atoms with E-state index in [2.05, 4.69) is 22.8 Å². The van der Waals surface area contributed by atoms with Crippen molar-refractivity contribution in [3.05, 3.63) is 65.7 Å². The van der Waals surface area contributed by atoms with E-state index in [1.54, 1.807) is 0 Å². The smallest absolute Gasteiger partial charge is 0.225 e. The second-order valence-corrected chi connectivity index (χ2v) is 6.40. The normalized spacial score (nSPS) is 17.7. The molecule has 0 radical (unpaired) electrons. The summed E-state index contributed by atoms with van der Waals surface area (Å²) in [5, 5.41) is 6.56. The summed E-state index contributed by atoms with van der Waals surface area (Å²) in [6, 6.07) is 17.9. The second-order valence-electron chi connectivity index (χ2n) is 6.40. The first-order valence-electron chi connectivity index (χ1n) is 9.06. The fourth-order valence-corrected chi connectivity index (χ4v) is 3.26. The minimum absolute atomic E-state index is 0. The van der Waals surface area contributed by atoms with Crippen LogP contribution in [0, 0.1) is 5.92 Å². The van der Waals surface area contributed by atoms with E-state index in [0.29, 0.717) is 6.61 Å². The fourth-order valence-electron chi connectivity index (χ4n) is 3.26. The number of hydrogen-bond donors (Lipinski definition) is 2. The highest BCUT2D eigenvalue weighted by molar-refractivity contribution is 5.85. The molecule has 0 aromatic heterocycles. The van der Waals surface area contributed by atoms with Crippen LogP contribution in [-0.2, 0) is 4.79 Å². The molecule has 0 aliphatic carbocycles. The van der Waals surface area contributed by atoms with Crippen molar-refractivity contribution in [1.29, 1.82) is 0 Å². The minimum Gasteiger partial charge on any atom is -0.494 e. The van der Waals surface area contributed by atoms with Gasteiger partial charge in [-0.2, -0.15) is 0 Å². The number of piperidine rings is 1. The number of halogens is 1. The summed E-state index contributed by atoms with van der Waals surface area (Å²) in [5.41, 5.74) is 2.15. The molecule has 5 heteroatoms. The van der Waals surface area contributed by atoms with Crippen LogP contribution in [0.1, 0.15) is 36.9 Å². The lowest BCUT2D eigenvalue weighted by atomic mass is 9.95. The SMILES string of the molecule is CCOc1ccc(C(NC(=O)C2CCCNC2)c2ccccc2)cc1.Cl. The van der Waals surface area contributed by atoms with Gasteiger partial charge in [-0.1, -0.05) is 42.5 Å². The highest BCUT2D eigenvalue weighted by Gasteiger charge is 2.24. The van der Waals surface area contributed by atoms with Crippen molar-refractivity contribution >= 4 is 18.3 Å². The molecule has 2 N–H and O–H groups in total. The van der Waals surface area contributed by atoms with E-state index in [4.69, 9.17) is 4.74 Å². The summed E-state index contributed by atoms with van der Waals surface area (Å²) in [4.78, 5) is 12.7. The maximum Gasteiger partial charge on any atom is 0.225 e. The highest BCUT2D eigenvalue weighted by atomic mass is 35.5. The zero-order valence-electron chi connectivity index (χ0n) is 15.1. The summed E-state index contributed by atoms with van der Waals surface area (Å²) >= 11 is 0. The zero-order chi connectivity index (χ0) is 17.5. The number of ether oxygens (including phenoxy) is 1. The van der Waals surface area contributed by atoms with E-state index >= 15 is 0 Å². The van der Waals surface area contributed by atoms with Crippen LogP contribution in [0.4, 0.5) is 0 Å². The minimum atomic E-state index is -0.147. The number of carbonyl (C=O) groups excluding carboxylic acids is 1. The van der Waals surface area contributed by atoms with E-state index in [1.165, 1.54) is 0 Å². The lowest BCUT2D eigenvalue weighted by Gasteiger charge is -2.26. The zero-order valence-corrected chi connectivity index (χ0v) is 15.9. The molecule has 140 valence electrons. The summed E-state index contributed by atoms with van der Waals surface area (Å²) in [6.45, 7) is 4.38. The Morgan fingerprint density at radius 2 is 1.85 bits per heavy atom. The van der Waals surface area contributed by atoms with Crippen LogP contribution >= 0.6 is 12.4 Å². The van der Waals surface area contributed by atoms with E-state index in [9.17, 15) is 4.79 Å². The average molecular weight is 375 g/mol. The number of nitrogens with one attached hydrogen (secondary N) is 2. The van der Waals surface area contributed by atoms with E-state index in [0.717, 1.165) is 42.8 Å². The van der Waals surface area contributed by atoms with Crippen LogP contribution in [0.25, 0.3) is 0 Å². The number of benzene rings is 2. The lowest BCUT2D eigenvalue weighted by Crippen LogP contribution is -2.42. The first kappa shape index (κ1) is 20.3. The molecule has 0 saturated carbocycles. The van der Waals surface area contributed by atoms with Crippen LogP contribution in [0.2, 0.25) is 0 Å². The molecule has 1 fully saturated rings. The van der Waals surface area contributed by atoms with Crippen LogP contribution in [-0.4, -0.2) is 25.6 Å². The Kier molecular flexibility index (Phi) is 7.95. The van der Waals surface area contributed by atoms with Gasteiger partial charge in [-0.05, 0) is 49.6 Å². The number of carbonyl (C=O) groups is 1. The number of rotatable bonds is 6. The van der Waals surface area contributed by atoms with Crippen LogP contribution in [0.5, 0.6) is 5.75 Å². The highest BCUT2D eigenvalue weighted by Crippen LogP contribution is 2.25. The third-order valence-corrected chi connectivity index (χ3v) is 4.61. The lowest BCUT2D eigenvalue weighted by molar-refractivity contribution is -0.126. The standard InChI is InChI=1S/C21H26N2O2.ClH/c1-2-25-19-12-10-17(11-13-19)20(16-7-4-3-5-8-16)23-21(24)18-9-6-14-22-15-18;/h3-5,7-8,10-13,18,20,22H,2,6,9,14-15H2,1H3,(H,23,24);1H. The van der Waals surface area contributed by atoms with Crippen LogP contribution < -0.4 is 15.4 Å². The Bertz CT molecular complexity index is 670. The molecule has 2 atom stereocenters. The Morgan fingerprint density at radius 1 is 1.15 bits per heavy atom. The van der Waals surface area contributed by atoms with Crippen molar-refractivity contribution in [2.45, 2.75) is 25.8 Å². The van der Waals surface area contributed by atoms with Gasteiger partial charge in [0.25, 0.3) is 0 Å². The Balaban J connectivity index is 0.00000243. The third kappa shape index (κ3) is 5.23. The van der Waals surface area contributed by atoms with Gasteiger partial charge in [-0.3, -0.25) is 4.79 Å². The Morgan fingerprint density at radius 3 is 2.46 bits per heavy atom. The van der Waals surface area contributed by atoms with Gasteiger partial charge in [0.1, 0.15) is 5.75 Å². The van der Waals surface area contributed by atoms with Gasteiger partial charge in [-0.25, -0.2) is 0 Å². The molecule has 0 bridgehead atoms. The van der Waals surface area contributed by atoms with Gasteiger partial charge in [0, 0.05) is 6.54 Å². The van der Waals surface area contributed by atoms with Gasteiger partial charge in [0.2, 0.25) is 5.91 Å². The topological polar surface area (TPSA) is 50.4 Å². The molecule has 1 aliphatic heterocycles. The molecule has 1 heterocycles. The Hall–Kier alpha value is -2.04. The third-order valence-electron chi connectivity index (χ3n) is 4.61. The van der Waals surface area contributed by atoms with Gasteiger partial charge in [0.05, 0.1) is 18.6 Å². The predicted molar refractivity (Wildman–Crippen MR) is 107 cm³/mol. The fraction of sp³-hybridized carbons (Fsp3) is 0.381. The monoisotopic (exact) mass is 374 g/mol. The number of hydrogen-bond acceptors (Lipinski definition) is 3. The van der Waals surface area contributed by atoms with Crippen LogP contribution in [0.3, 0.4) is 0 Å². The van der Waals surface area contributed by atoms with Crippen molar-refractivity contribution in [2.24, 2.45) is 5.92 Å². The maximum atomic E-state index is 12.7. The molecule has 2 unspecified atom stereocenters. The molecule has 1 amide bonds. The Labute approximate surface area is 161 Å². The second kappa shape index (κ2) is 10.2. The maximum absolute atomic E-state index is 12.7. The van der Waals surface area contributed by atoms with Crippen molar-refractivity contribution in [3.8, 4) is 5.75 Å². The summed E-state index contributed by atoms with van der Waals surface area (Å²) in [5.74, 6) is 1.01. The molecule has 1 aliphatic rings. The van der Waals surface area contributed by atoms with Crippen molar-refractivity contribution in [2.75, 3.05) is 19.7 Å². The largest absolute Gasteiger partial charge is 0.494 e. The molecular weight excluding hydrogens is 348 g/mol. The molecule has 2 aromatic rings. The molecule has 3 rings (SSSR count). The first-order valence-corrected chi connectivity index (χ1v) is 9.06. The van der Waals surface area contributed by atoms with Gasteiger partial charge < -0.3 is 15.4 Å². The molecule has 4 nitrogen and oxygen atoms in total. The van der Waals surface area contributed by atoms with Gasteiger partial charge >= 0.3 is 0 Å². The van der Waals surface area contributed by atoms with E-state index < -0.39 is 0 Å². The van der Waals surface area contributed by atoms with E-state index in [-0.39, 0.29) is 30.3 Å². The summed E-state index contributed by atoms with van der Waals surface area (Å²) in [6.07, 6.45) is 2.00. The quantitative estimate of drug-likeness (QED) is 0.810. The molecule has 0 spiro atoms. The summed E-state index contributed by atoms with van der Waals surface area (Å²) < 4.78 is 5.53. The molecular formula is C21H27ClN2O2. The molecule has 26 heavy (non-hydrogen) atoms. The average Bonchev–Trinajstić information content (AvgIpc) is 2.68. The van der Waals surface area contributed by atoms with Crippen molar-refractivity contribution in [1.82, 2.24) is 10.6 Å². The van der Waals surface area contributed by atoms with Gasteiger partial charge in [-0.15, -0.1) is 12.4 Å². The van der Waals surface area contributed by atoms with Crippen molar-refractivity contribution in [3.63, 3.8) is 0 Å². The van der Waals surface area contributed by atoms with Crippen LogP contribution in [0.15, 0.2) is 54.6 Å².